The molecule has 0 bridgehead atoms. The average Bonchev–Trinajstić information content (AvgIpc) is 2.56. The third-order valence-electron chi connectivity index (χ3n) is 3.65. The Bertz CT molecular complexity index is 745. The molecule has 1 atom stereocenters. The molecular weight excluding hydrogens is 388 g/mol. The molecule has 0 saturated carbocycles. The van der Waals surface area contributed by atoms with Gasteiger partial charge in [0.2, 0.25) is 15.9 Å². The molecule has 0 radical (unpaired) electrons. The van der Waals surface area contributed by atoms with Gasteiger partial charge in [0.25, 0.3) is 0 Å². The molecule has 1 amide bonds. The molecule has 0 aliphatic rings. The number of anilines is 1. The Kier molecular flexibility index (Phi) is 8.28. The van der Waals surface area contributed by atoms with Crippen molar-refractivity contribution >= 4 is 33.4 Å². The zero-order valence-corrected chi connectivity index (χ0v) is 18.7. The van der Waals surface area contributed by atoms with E-state index in [4.69, 9.17) is 9.47 Å². The molecule has 0 aliphatic carbocycles. The Balaban J connectivity index is 2.99. The smallest absolute Gasteiger partial charge is 0.243 e. The number of thioether (sulfide) groups is 1. The number of benzene rings is 1. The molecule has 0 aliphatic heterocycles. The Morgan fingerprint density at radius 3 is 2.30 bits per heavy atom. The van der Waals surface area contributed by atoms with E-state index in [-0.39, 0.29) is 10.7 Å². The molecule has 27 heavy (non-hydrogen) atoms. The van der Waals surface area contributed by atoms with E-state index in [9.17, 15) is 13.2 Å². The largest absolute Gasteiger partial charge is 0.493 e. The monoisotopic (exact) mass is 418 g/mol. The minimum absolute atomic E-state index is 0.106. The summed E-state index contributed by atoms with van der Waals surface area (Å²) in [4.78, 5) is 12.5. The van der Waals surface area contributed by atoms with Crippen molar-refractivity contribution in [3.05, 3.63) is 18.2 Å². The van der Waals surface area contributed by atoms with Gasteiger partial charge >= 0.3 is 0 Å². The molecular formula is C18H30N2O5S2. The van der Waals surface area contributed by atoms with E-state index >= 15 is 0 Å². The lowest BCUT2D eigenvalue weighted by Gasteiger charge is -2.29. The summed E-state index contributed by atoms with van der Waals surface area (Å²) in [5.41, 5.74) is 0.335. The summed E-state index contributed by atoms with van der Waals surface area (Å²) >= 11 is 1.73. The summed E-state index contributed by atoms with van der Waals surface area (Å²) < 4.78 is 36.3. The van der Waals surface area contributed by atoms with Crippen molar-refractivity contribution in [2.45, 2.75) is 38.5 Å². The topological polar surface area (TPSA) is 84.9 Å². The van der Waals surface area contributed by atoms with Crippen molar-refractivity contribution in [3.63, 3.8) is 0 Å². The number of sulfonamides is 1. The van der Waals surface area contributed by atoms with Gasteiger partial charge in [-0.05, 0) is 19.1 Å². The minimum Gasteiger partial charge on any atom is -0.493 e. The SMILES string of the molecule is COc1ccc(N(C(C)C(=O)NCCSC(C)(C)C)S(C)(=O)=O)cc1OC. The molecule has 0 aromatic heterocycles. The van der Waals surface area contributed by atoms with Crippen LogP contribution >= 0.6 is 11.8 Å². The number of rotatable bonds is 9. The van der Waals surface area contributed by atoms with Crippen LogP contribution in [0.3, 0.4) is 0 Å². The predicted octanol–water partition coefficient (Wildman–Crippen LogP) is 2.51. The fraction of sp³-hybridized carbons (Fsp3) is 0.611. The maximum atomic E-state index is 12.5. The van der Waals surface area contributed by atoms with Gasteiger partial charge < -0.3 is 14.8 Å². The number of carbonyl (C=O) groups excluding carboxylic acids is 1. The highest BCUT2D eigenvalue weighted by Crippen LogP contribution is 2.33. The molecule has 1 N–H and O–H groups in total. The van der Waals surface area contributed by atoms with Crippen LogP contribution in [0.2, 0.25) is 0 Å². The lowest BCUT2D eigenvalue weighted by Crippen LogP contribution is -2.48. The highest BCUT2D eigenvalue weighted by Gasteiger charge is 2.29. The molecule has 0 spiro atoms. The number of ether oxygens (including phenoxy) is 2. The number of methoxy groups -OCH3 is 2. The van der Waals surface area contributed by atoms with Gasteiger partial charge in [-0.1, -0.05) is 20.8 Å². The van der Waals surface area contributed by atoms with Crippen LogP contribution in [0.15, 0.2) is 18.2 Å². The molecule has 1 unspecified atom stereocenters. The molecule has 1 aromatic rings. The molecule has 154 valence electrons. The van der Waals surface area contributed by atoms with Gasteiger partial charge in [0.05, 0.1) is 26.2 Å². The second-order valence-corrected chi connectivity index (χ2v) is 10.8. The van der Waals surface area contributed by atoms with Crippen LogP contribution in [0, 0.1) is 0 Å². The first-order valence-corrected chi connectivity index (χ1v) is 11.4. The molecule has 0 saturated heterocycles. The van der Waals surface area contributed by atoms with Gasteiger partial charge in [-0.25, -0.2) is 8.42 Å². The van der Waals surface area contributed by atoms with Gasteiger partial charge in [0.15, 0.2) is 11.5 Å². The van der Waals surface area contributed by atoms with Crippen LogP contribution in [-0.4, -0.2) is 57.9 Å². The van der Waals surface area contributed by atoms with Crippen molar-refractivity contribution in [3.8, 4) is 11.5 Å². The van der Waals surface area contributed by atoms with Crippen molar-refractivity contribution < 1.29 is 22.7 Å². The predicted molar refractivity (Wildman–Crippen MR) is 112 cm³/mol. The standard InChI is InChI=1S/C18H30N2O5S2/c1-13(17(21)19-10-11-26-18(2,3)4)20(27(7,22)23)14-8-9-15(24-5)16(12-14)25-6/h8-9,12-13H,10-11H2,1-7H3,(H,19,21). The van der Waals surface area contributed by atoms with E-state index in [1.807, 2.05) is 0 Å². The Hall–Kier alpha value is -1.61. The number of hydrogen-bond acceptors (Lipinski definition) is 6. The highest BCUT2D eigenvalue weighted by atomic mass is 32.2. The van der Waals surface area contributed by atoms with Gasteiger partial charge in [0, 0.05) is 23.1 Å². The normalized spacial score (nSPS) is 13.0. The number of hydrogen-bond donors (Lipinski definition) is 1. The Morgan fingerprint density at radius 2 is 1.81 bits per heavy atom. The average molecular weight is 419 g/mol. The number of amides is 1. The summed E-state index contributed by atoms with van der Waals surface area (Å²) in [7, 11) is -0.724. The maximum absolute atomic E-state index is 12.5. The lowest BCUT2D eigenvalue weighted by atomic mass is 10.2. The van der Waals surface area contributed by atoms with Gasteiger partial charge in [-0.3, -0.25) is 9.10 Å². The molecule has 0 fully saturated rings. The fourth-order valence-electron chi connectivity index (χ4n) is 2.45. The van der Waals surface area contributed by atoms with Crippen LogP contribution in [-0.2, 0) is 14.8 Å². The van der Waals surface area contributed by atoms with Crippen LogP contribution in [0.25, 0.3) is 0 Å². The van der Waals surface area contributed by atoms with E-state index in [2.05, 4.69) is 26.1 Å². The summed E-state index contributed by atoms with van der Waals surface area (Å²) in [6.07, 6.45) is 1.07. The number of carbonyl (C=O) groups is 1. The van der Waals surface area contributed by atoms with Crippen LogP contribution in [0.5, 0.6) is 11.5 Å². The first-order valence-electron chi connectivity index (χ1n) is 8.54. The quantitative estimate of drug-likeness (QED) is 0.620. The number of nitrogens with zero attached hydrogens (tertiary/aromatic N) is 1. The Morgan fingerprint density at radius 1 is 1.22 bits per heavy atom. The fourth-order valence-corrected chi connectivity index (χ4v) is 4.43. The lowest BCUT2D eigenvalue weighted by molar-refractivity contribution is -0.121. The Labute approximate surface area is 166 Å². The van der Waals surface area contributed by atoms with Crippen molar-refractivity contribution in [1.29, 1.82) is 0 Å². The molecule has 9 heteroatoms. The molecule has 7 nitrogen and oxygen atoms in total. The van der Waals surface area contributed by atoms with Gasteiger partial charge in [-0.2, -0.15) is 11.8 Å². The highest BCUT2D eigenvalue weighted by molar-refractivity contribution is 8.00. The maximum Gasteiger partial charge on any atom is 0.243 e. The van der Waals surface area contributed by atoms with E-state index in [1.54, 1.807) is 36.9 Å². The van der Waals surface area contributed by atoms with Crippen molar-refractivity contribution in [2.24, 2.45) is 0 Å². The molecule has 0 heterocycles. The second kappa shape index (κ2) is 9.54. The van der Waals surface area contributed by atoms with E-state index in [0.29, 0.717) is 23.7 Å². The summed E-state index contributed by atoms with van der Waals surface area (Å²) in [6.45, 7) is 8.33. The second-order valence-electron chi connectivity index (χ2n) is 7.03. The van der Waals surface area contributed by atoms with Gasteiger partial charge in [0.1, 0.15) is 6.04 Å². The minimum atomic E-state index is -3.69. The van der Waals surface area contributed by atoms with Gasteiger partial charge in [-0.15, -0.1) is 0 Å². The van der Waals surface area contributed by atoms with E-state index < -0.39 is 16.1 Å². The number of nitrogens with one attached hydrogen (secondary N) is 1. The summed E-state index contributed by atoms with van der Waals surface area (Å²) in [5, 5.41) is 2.81. The third kappa shape index (κ3) is 7.14. The summed E-state index contributed by atoms with van der Waals surface area (Å²) in [6, 6.07) is 3.83. The first-order chi connectivity index (χ1) is 12.4. The molecule has 1 rings (SSSR count). The van der Waals surface area contributed by atoms with Crippen LogP contribution in [0.1, 0.15) is 27.7 Å². The molecule has 1 aromatic carbocycles. The zero-order valence-electron chi connectivity index (χ0n) is 17.0. The van der Waals surface area contributed by atoms with Crippen molar-refractivity contribution in [1.82, 2.24) is 5.32 Å². The van der Waals surface area contributed by atoms with E-state index in [1.165, 1.54) is 14.2 Å². The van der Waals surface area contributed by atoms with Crippen LogP contribution < -0.4 is 19.1 Å². The van der Waals surface area contributed by atoms with Crippen LogP contribution in [0.4, 0.5) is 5.69 Å². The first kappa shape index (κ1) is 23.4. The van der Waals surface area contributed by atoms with E-state index in [0.717, 1.165) is 16.3 Å². The zero-order chi connectivity index (χ0) is 20.8. The summed E-state index contributed by atoms with van der Waals surface area (Å²) in [5.74, 6) is 1.26. The van der Waals surface area contributed by atoms with Crippen molar-refractivity contribution in [2.75, 3.05) is 37.1 Å². The third-order valence-corrected chi connectivity index (χ3v) is 6.16.